The summed E-state index contributed by atoms with van der Waals surface area (Å²) < 4.78 is 5.22. The van der Waals surface area contributed by atoms with Crippen molar-refractivity contribution in [2.75, 3.05) is 5.75 Å². The molecule has 1 saturated heterocycles. The molecule has 23 heavy (non-hydrogen) atoms. The Labute approximate surface area is 140 Å². The molecule has 130 valence electrons. The Hall–Kier alpha value is -1.44. The van der Waals surface area contributed by atoms with E-state index in [0.29, 0.717) is 17.6 Å². The van der Waals surface area contributed by atoms with Gasteiger partial charge in [-0.05, 0) is 33.6 Å². The normalized spacial score (nSPS) is 26.2. The van der Waals surface area contributed by atoms with Crippen LogP contribution in [0.5, 0.6) is 0 Å². The van der Waals surface area contributed by atoms with Crippen LogP contribution in [0.1, 0.15) is 46.5 Å². The molecule has 2 heterocycles. The number of nitrogens with zero attached hydrogens (tertiary/aromatic N) is 1. The highest BCUT2D eigenvalue weighted by Crippen LogP contribution is 2.35. The maximum Gasteiger partial charge on any atom is 0.414 e. The summed E-state index contributed by atoms with van der Waals surface area (Å²) in [6, 6.07) is 0.365. The molecule has 3 unspecified atom stereocenters. The van der Waals surface area contributed by atoms with Crippen molar-refractivity contribution in [3.8, 4) is 0 Å². The van der Waals surface area contributed by atoms with E-state index < -0.39 is 17.7 Å². The lowest BCUT2D eigenvalue weighted by Gasteiger charge is -2.19. The van der Waals surface area contributed by atoms with E-state index in [4.69, 9.17) is 9.84 Å². The molecule has 0 aliphatic carbocycles. The Morgan fingerprint density at radius 3 is 2.83 bits per heavy atom. The quantitative estimate of drug-likeness (QED) is 0.660. The van der Waals surface area contributed by atoms with E-state index in [1.54, 1.807) is 0 Å². The van der Waals surface area contributed by atoms with Crippen LogP contribution in [-0.4, -0.2) is 51.8 Å². The van der Waals surface area contributed by atoms with Crippen molar-refractivity contribution < 1.29 is 19.4 Å². The number of aliphatic imine (C=N–C) groups is 1. The maximum atomic E-state index is 11.8. The summed E-state index contributed by atoms with van der Waals surface area (Å²) >= 11 is 1.86. The van der Waals surface area contributed by atoms with Gasteiger partial charge in [0.25, 0.3) is 0 Å². The van der Waals surface area contributed by atoms with Crippen LogP contribution in [0.2, 0.25) is 0 Å². The molecule has 2 rings (SSSR count). The molecule has 0 radical (unpaired) electrons. The zero-order valence-electron chi connectivity index (χ0n) is 13.8. The fraction of sp³-hybridized carbons (Fsp3) is 0.800. The number of carboxylic acids is 1. The molecule has 8 heteroatoms. The summed E-state index contributed by atoms with van der Waals surface area (Å²) in [6.07, 6.45) is 2.25. The Bertz CT molecular complexity index is 490. The van der Waals surface area contributed by atoms with E-state index in [2.05, 4.69) is 15.6 Å². The standard InChI is InChI=1S/C15H25N3O4S/c1-15(2,3)22-14(21)18-13-16-9-8-23-10(12(9)17-13)6-4-5-7-11(19)20/h9-10,12H,4-8H2,1-3H3,(H,19,20)(H2,16,17,18,21). The second-order valence-corrected chi connectivity index (χ2v) is 8.13. The van der Waals surface area contributed by atoms with Gasteiger partial charge in [0.15, 0.2) is 0 Å². The van der Waals surface area contributed by atoms with Gasteiger partial charge in [0.2, 0.25) is 5.96 Å². The monoisotopic (exact) mass is 343 g/mol. The Morgan fingerprint density at radius 1 is 1.43 bits per heavy atom. The average Bonchev–Trinajstić information content (AvgIpc) is 2.92. The molecule has 3 N–H and O–H groups in total. The topological polar surface area (TPSA) is 100 Å². The second-order valence-electron chi connectivity index (χ2n) is 6.86. The molecular formula is C15H25N3O4S. The zero-order chi connectivity index (χ0) is 17.0. The van der Waals surface area contributed by atoms with Crippen molar-refractivity contribution in [3.05, 3.63) is 0 Å². The summed E-state index contributed by atoms with van der Waals surface area (Å²) in [7, 11) is 0. The summed E-state index contributed by atoms with van der Waals surface area (Å²) in [5, 5.41) is 14.9. The minimum Gasteiger partial charge on any atom is -0.481 e. The van der Waals surface area contributed by atoms with E-state index in [0.717, 1.165) is 18.6 Å². The largest absolute Gasteiger partial charge is 0.481 e. The zero-order valence-corrected chi connectivity index (χ0v) is 14.6. The Kier molecular flexibility index (Phi) is 5.78. The first-order valence-electron chi connectivity index (χ1n) is 7.92. The first kappa shape index (κ1) is 17.9. The molecule has 0 aromatic carbocycles. The van der Waals surface area contributed by atoms with E-state index in [-0.39, 0.29) is 18.5 Å². The van der Waals surface area contributed by atoms with E-state index in [1.165, 1.54) is 0 Å². The number of hydrogen-bond acceptors (Lipinski definition) is 6. The smallest absolute Gasteiger partial charge is 0.414 e. The molecule has 0 aromatic rings. The van der Waals surface area contributed by atoms with Crippen LogP contribution in [-0.2, 0) is 9.53 Å². The van der Waals surface area contributed by atoms with Crippen molar-refractivity contribution in [2.45, 2.75) is 69.4 Å². The minimum atomic E-state index is -0.744. The fourth-order valence-electron chi connectivity index (χ4n) is 2.69. The number of carbonyl (C=O) groups is 2. The number of ether oxygens (including phenoxy) is 1. The second kappa shape index (κ2) is 7.42. The van der Waals surface area contributed by atoms with Crippen LogP contribution in [0, 0.1) is 0 Å². The third kappa shape index (κ3) is 5.60. The third-order valence-corrected chi connectivity index (χ3v) is 5.13. The molecule has 1 fully saturated rings. The number of hydrogen-bond donors (Lipinski definition) is 3. The lowest BCUT2D eigenvalue weighted by molar-refractivity contribution is -0.137. The molecule has 1 amide bonds. The molecule has 7 nitrogen and oxygen atoms in total. The number of unbranched alkanes of at least 4 members (excludes halogenated alkanes) is 1. The van der Waals surface area contributed by atoms with Gasteiger partial charge < -0.3 is 15.2 Å². The number of aliphatic carboxylic acids is 1. The fourth-order valence-corrected chi connectivity index (χ4v) is 4.21. The van der Waals surface area contributed by atoms with Crippen molar-refractivity contribution in [3.63, 3.8) is 0 Å². The molecule has 0 bridgehead atoms. The molecule has 0 aromatic heterocycles. The predicted octanol–water partition coefficient (Wildman–Crippen LogP) is 1.97. The number of alkyl carbamates (subject to hydrolysis) is 1. The van der Waals surface area contributed by atoms with E-state index in [9.17, 15) is 9.59 Å². The molecule has 3 atom stereocenters. The molecule has 0 spiro atoms. The van der Waals surface area contributed by atoms with Crippen molar-refractivity contribution in [1.29, 1.82) is 0 Å². The van der Waals surface area contributed by atoms with Gasteiger partial charge in [0, 0.05) is 17.4 Å². The summed E-state index contributed by atoms with van der Waals surface area (Å²) in [5.41, 5.74) is -0.540. The molecule has 2 aliphatic heterocycles. The summed E-state index contributed by atoms with van der Waals surface area (Å²) in [4.78, 5) is 26.9. The Balaban J connectivity index is 1.80. The first-order valence-corrected chi connectivity index (χ1v) is 8.97. The van der Waals surface area contributed by atoms with Gasteiger partial charge in [-0.3, -0.25) is 10.1 Å². The average molecular weight is 343 g/mol. The lowest BCUT2D eigenvalue weighted by Crippen LogP contribution is -2.44. The van der Waals surface area contributed by atoms with Crippen LogP contribution in [0.15, 0.2) is 4.99 Å². The lowest BCUT2D eigenvalue weighted by atomic mass is 10.0. The van der Waals surface area contributed by atoms with Gasteiger partial charge in [-0.25, -0.2) is 9.79 Å². The summed E-state index contributed by atoms with van der Waals surface area (Å²) in [5.74, 6) is 0.675. The van der Waals surface area contributed by atoms with Crippen LogP contribution in [0.25, 0.3) is 0 Å². The highest BCUT2D eigenvalue weighted by molar-refractivity contribution is 8.00. The highest BCUT2D eigenvalue weighted by atomic mass is 32.2. The maximum absolute atomic E-state index is 11.8. The van der Waals surface area contributed by atoms with Gasteiger partial charge in [-0.2, -0.15) is 11.8 Å². The first-order chi connectivity index (χ1) is 10.7. The number of carboxylic acid groups (broad SMARTS) is 1. The molecule has 0 saturated carbocycles. The highest BCUT2D eigenvalue weighted by Gasteiger charge is 2.41. The van der Waals surface area contributed by atoms with Gasteiger partial charge in [0.05, 0.1) is 12.1 Å². The number of amides is 1. The van der Waals surface area contributed by atoms with Crippen LogP contribution >= 0.6 is 11.8 Å². The van der Waals surface area contributed by atoms with Gasteiger partial charge >= 0.3 is 12.1 Å². The van der Waals surface area contributed by atoms with Crippen molar-refractivity contribution in [1.82, 2.24) is 10.6 Å². The van der Waals surface area contributed by atoms with Crippen LogP contribution in [0.4, 0.5) is 4.79 Å². The minimum absolute atomic E-state index is 0.134. The van der Waals surface area contributed by atoms with Crippen molar-refractivity contribution in [2.24, 2.45) is 4.99 Å². The number of fused-ring (bicyclic) bond motifs is 1. The predicted molar refractivity (Wildman–Crippen MR) is 89.9 cm³/mol. The van der Waals surface area contributed by atoms with Gasteiger partial charge in [-0.1, -0.05) is 6.42 Å². The number of guanidine groups is 1. The number of nitrogens with one attached hydrogen (secondary N) is 2. The van der Waals surface area contributed by atoms with Crippen LogP contribution in [0.3, 0.4) is 0 Å². The number of thioether (sulfide) groups is 1. The van der Waals surface area contributed by atoms with Gasteiger partial charge in [0.1, 0.15) is 5.60 Å². The molecule has 2 aliphatic rings. The van der Waals surface area contributed by atoms with Crippen molar-refractivity contribution >= 4 is 29.8 Å². The van der Waals surface area contributed by atoms with E-state index in [1.807, 2.05) is 32.5 Å². The van der Waals surface area contributed by atoms with Gasteiger partial charge in [-0.15, -0.1) is 0 Å². The van der Waals surface area contributed by atoms with Crippen LogP contribution < -0.4 is 10.6 Å². The third-order valence-electron chi connectivity index (χ3n) is 3.63. The number of rotatable bonds is 5. The Morgan fingerprint density at radius 2 is 2.17 bits per heavy atom. The van der Waals surface area contributed by atoms with E-state index >= 15 is 0 Å². The summed E-state index contributed by atoms with van der Waals surface area (Å²) in [6.45, 7) is 5.44. The SMILES string of the molecule is CC(C)(C)OC(=O)NC1=NC2C(CSC2CCCCC(=O)O)N1. The number of carbonyl (C=O) groups excluding carboxylic acids is 1. The molecular weight excluding hydrogens is 318 g/mol.